The molecule has 2 heterocycles. The maximum Gasteiger partial charge on any atom is 0.299 e. The molecule has 20 heavy (non-hydrogen) atoms. The predicted molar refractivity (Wildman–Crippen MR) is 75.3 cm³/mol. The minimum atomic E-state index is -0.623. The number of thiophene rings is 1. The molecule has 0 aliphatic heterocycles. The molecular formula is C11H11ClN4O3S. The summed E-state index contributed by atoms with van der Waals surface area (Å²) in [7, 11) is 0. The summed E-state index contributed by atoms with van der Waals surface area (Å²) < 4.78 is 1.17. The average Bonchev–Trinajstić information content (AvgIpc) is 2.89. The Hall–Kier alpha value is -1.77. The summed E-state index contributed by atoms with van der Waals surface area (Å²) in [5.41, 5.74) is 7.40. The van der Waals surface area contributed by atoms with Crippen LogP contribution in [0.1, 0.15) is 26.6 Å². The smallest absolute Gasteiger partial charge is 0.299 e. The Kier molecular flexibility index (Phi) is 3.89. The van der Waals surface area contributed by atoms with Crippen LogP contribution >= 0.6 is 22.9 Å². The van der Waals surface area contributed by atoms with E-state index in [-0.39, 0.29) is 21.4 Å². The normalized spacial score (nSPS) is 10.8. The average molecular weight is 315 g/mol. The number of halogens is 1. The zero-order valence-corrected chi connectivity index (χ0v) is 12.3. The quantitative estimate of drug-likeness (QED) is 0.691. The number of rotatable bonds is 3. The second kappa shape index (κ2) is 5.31. The molecular weight excluding hydrogens is 304 g/mol. The molecule has 0 fully saturated rings. The van der Waals surface area contributed by atoms with Crippen LogP contribution in [0.3, 0.4) is 0 Å². The van der Waals surface area contributed by atoms with Crippen LogP contribution < -0.4 is 5.73 Å². The van der Waals surface area contributed by atoms with E-state index in [4.69, 9.17) is 17.3 Å². The van der Waals surface area contributed by atoms with Crippen molar-refractivity contribution in [1.82, 2.24) is 9.78 Å². The van der Waals surface area contributed by atoms with Gasteiger partial charge in [0.1, 0.15) is 4.88 Å². The lowest BCUT2D eigenvalue weighted by Gasteiger charge is -2.00. The van der Waals surface area contributed by atoms with Crippen LogP contribution in [0.5, 0.6) is 0 Å². The van der Waals surface area contributed by atoms with Crippen molar-refractivity contribution < 1.29 is 9.72 Å². The first-order valence-corrected chi connectivity index (χ1v) is 6.79. The van der Waals surface area contributed by atoms with Gasteiger partial charge in [-0.2, -0.15) is 9.78 Å². The maximum atomic E-state index is 12.3. The SMILES string of the molecule is Cc1nn(C(=O)c2cc([N+](=O)[O-])c(Cl)s2)c(C)c1CN. The van der Waals surface area contributed by atoms with Gasteiger partial charge in [-0.3, -0.25) is 14.9 Å². The maximum absolute atomic E-state index is 12.3. The third-order valence-corrected chi connectivity index (χ3v) is 4.24. The minimum absolute atomic E-state index is 0.0288. The summed E-state index contributed by atoms with van der Waals surface area (Å²) in [6.45, 7) is 3.75. The van der Waals surface area contributed by atoms with E-state index in [1.54, 1.807) is 13.8 Å². The highest BCUT2D eigenvalue weighted by Gasteiger charge is 2.24. The Bertz CT molecular complexity index is 707. The number of carbonyl (C=O) groups excluding carboxylic acids is 1. The molecule has 0 bridgehead atoms. The van der Waals surface area contributed by atoms with Crippen molar-refractivity contribution in [3.05, 3.63) is 42.3 Å². The van der Waals surface area contributed by atoms with Gasteiger partial charge in [-0.25, -0.2) is 0 Å². The van der Waals surface area contributed by atoms with Gasteiger partial charge in [0.15, 0.2) is 4.34 Å². The van der Waals surface area contributed by atoms with Crippen molar-refractivity contribution in [2.24, 2.45) is 5.73 Å². The number of hydrogen-bond donors (Lipinski definition) is 1. The van der Waals surface area contributed by atoms with E-state index in [0.29, 0.717) is 11.4 Å². The molecule has 0 saturated carbocycles. The van der Waals surface area contributed by atoms with E-state index in [9.17, 15) is 14.9 Å². The first-order chi connectivity index (χ1) is 9.36. The molecule has 0 aliphatic rings. The minimum Gasteiger partial charge on any atom is -0.326 e. The molecule has 2 N–H and O–H groups in total. The second-order valence-electron chi connectivity index (χ2n) is 4.10. The highest BCUT2D eigenvalue weighted by Crippen LogP contribution is 2.34. The van der Waals surface area contributed by atoms with Crippen LogP contribution in [0.15, 0.2) is 6.07 Å². The summed E-state index contributed by atoms with van der Waals surface area (Å²) in [5, 5.41) is 14.9. The Morgan fingerprint density at radius 2 is 2.25 bits per heavy atom. The molecule has 0 radical (unpaired) electrons. The van der Waals surface area contributed by atoms with Crippen LogP contribution in [-0.2, 0) is 6.54 Å². The van der Waals surface area contributed by atoms with Crippen molar-refractivity contribution in [3.8, 4) is 0 Å². The number of aromatic nitrogens is 2. The van der Waals surface area contributed by atoms with Gasteiger partial charge in [-0.1, -0.05) is 11.6 Å². The van der Waals surface area contributed by atoms with Crippen molar-refractivity contribution >= 4 is 34.5 Å². The fourth-order valence-electron chi connectivity index (χ4n) is 1.86. The van der Waals surface area contributed by atoms with Crippen molar-refractivity contribution in [3.63, 3.8) is 0 Å². The standard InChI is InChI=1S/C11H11ClN4O3S/c1-5-7(4-13)6(2)15(14-5)11(17)9-3-8(16(18)19)10(12)20-9/h3H,4,13H2,1-2H3. The van der Waals surface area contributed by atoms with E-state index in [2.05, 4.69) is 5.10 Å². The fourth-order valence-corrected chi connectivity index (χ4v) is 3.01. The number of nitro groups is 1. The van der Waals surface area contributed by atoms with E-state index in [1.807, 2.05) is 0 Å². The molecule has 0 aliphatic carbocycles. The van der Waals surface area contributed by atoms with Crippen LogP contribution in [0.2, 0.25) is 4.34 Å². The number of nitrogens with two attached hydrogens (primary N) is 1. The lowest BCUT2D eigenvalue weighted by molar-refractivity contribution is -0.384. The van der Waals surface area contributed by atoms with Crippen LogP contribution in [0.25, 0.3) is 0 Å². The van der Waals surface area contributed by atoms with Gasteiger partial charge >= 0.3 is 0 Å². The van der Waals surface area contributed by atoms with Gasteiger partial charge in [0, 0.05) is 23.9 Å². The largest absolute Gasteiger partial charge is 0.326 e. The van der Waals surface area contributed by atoms with Gasteiger partial charge in [-0.05, 0) is 13.8 Å². The molecule has 0 aromatic carbocycles. The zero-order valence-electron chi connectivity index (χ0n) is 10.7. The molecule has 2 rings (SSSR count). The molecule has 9 heteroatoms. The summed E-state index contributed by atoms with van der Waals surface area (Å²) in [6, 6.07) is 1.16. The molecule has 2 aromatic rings. The molecule has 0 spiro atoms. The monoisotopic (exact) mass is 314 g/mol. The van der Waals surface area contributed by atoms with E-state index in [1.165, 1.54) is 4.68 Å². The Balaban J connectivity index is 2.47. The third kappa shape index (κ3) is 2.33. The zero-order chi connectivity index (χ0) is 15.0. The number of carbonyl (C=O) groups is 1. The number of aryl methyl sites for hydroxylation is 1. The first kappa shape index (κ1) is 14.6. The Labute approximate surface area is 123 Å². The first-order valence-electron chi connectivity index (χ1n) is 5.60. The van der Waals surface area contributed by atoms with Crippen LogP contribution in [0.4, 0.5) is 5.69 Å². The summed E-state index contributed by atoms with van der Waals surface area (Å²) >= 11 is 6.61. The van der Waals surface area contributed by atoms with Crippen molar-refractivity contribution in [2.75, 3.05) is 0 Å². The lowest BCUT2D eigenvalue weighted by Crippen LogP contribution is -2.14. The Morgan fingerprint density at radius 1 is 1.60 bits per heavy atom. The Morgan fingerprint density at radius 3 is 2.70 bits per heavy atom. The van der Waals surface area contributed by atoms with E-state index >= 15 is 0 Å². The van der Waals surface area contributed by atoms with Crippen LogP contribution in [-0.4, -0.2) is 20.6 Å². The van der Waals surface area contributed by atoms with Gasteiger partial charge in [0.05, 0.1) is 10.6 Å². The summed E-state index contributed by atoms with van der Waals surface area (Å²) in [6.07, 6.45) is 0. The van der Waals surface area contributed by atoms with E-state index in [0.717, 1.165) is 23.0 Å². The van der Waals surface area contributed by atoms with Crippen molar-refractivity contribution in [1.29, 1.82) is 0 Å². The molecule has 0 atom stereocenters. The fraction of sp³-hybridized carbons (Fsp3) is 0.273. The third-order valence-electron chi connectivity index (χ3n) is 2.91. The molecule has 0 saturated heterocycles. The molecule has 2 aromatic heterocycles. The van der Waals surface area contributed by atoms with Gasteiger partial charge in [0.25, 0.3) is 11.6 Å². The molecule has 0 unspecified atom stereocenters. The molecule has 0 amide bonds. The highest BCUT2D eigenvalue weighted by molar-refractivity contribution is 7.18. The molecule has 7 nitrogen and oxygen atoms in total. The molecule has 106 valence electrons. The van der Waals surface area contributed by atoms with Crippen LogP contribution in [0, 0.1) is 24.0 Å². The second-order valence-corrected chi connectivity index (χ2v) is 5.75. The van der Waals surface area contributed by atoms with Gasteiger partial charge in [-0.15, -0.1) is 11.3 Å². The van der Waals surface area contributed by atoms with Crippen molar-refractivity contribution in [2.45, 2.75) is 20.4 Å². The topological polar surface area (TPSA) is 104 Å². The van der Waals surface area contributed by atoms with Gasteiger partial charge < -0.3 is 5.73 Å². The number of nitrogens with zero attached hydrogens (tertiary/aromatic N) is 3. The van der Waals surface area contributed by atoms with E-state index < -0.39 is 10.8 Å². The lowest BCUT2D eigenvalue weighted by atomic mass is 10.2. The summed E-state index contributed by atoms with van der Waals surface area (Å²) in [4.78, 5) is 22.6. The number of hydrogen-bond acceptors (Lipinski definition) is 6. The highest BCUT2D eigenvalue weighted by atomic mass is 35.5. The summed E-state index contributed by atoms with van der Waals surface area (Å²) in [5.74, 6) is -0.453. The van der Waals surface area contributed by atoms with Gasteiger partial charge in [0.2, 0.25) is 0 Å². The predicted octanol–water partition coefficient (Wildman–Crippen LogP) is 2.27.